The molecule has 0 aliphatic carbocycles. The number of unbranched alkanes of at least 4 members (excludes halogenated alkanes) is 1. The van der Waals surface area contributed by atoms with Gasteiger partial charge in [-0.3, -0.25) is 0 Å². The summed E-state index contributed by atoms with van der Waals surface area (Å²) in [6.45, 7) is 2.24. The summed E-state index contributed by atoms with van der Waals surface area (Å²) in [7, 11) is 0. The smallest absolute Gasteiger partial charge is 0.342 e. The molecule has 0 unspecified atom stereocenters. The molecule has 0 N–H and O–H groups in total. The maximum atomic E-state index is 12.5. The molecule has 0 radical (unpaired) electrons. The Morgan fingerprint density at radius 2 is 1.88 bits per heavy atom. The first-order valence-corrected chi connectivity index (χ1v) is 8.45. The van der Waals surface area contributed by atoms with E-state index in [-0.39, 0.29) is 6.61 Å². The van der Waals surface area contributed by atoms with Crippen LogP contribution in [0.2, 0.25) is 0 Å². The van der Waals surface area contributed by atoms with Crippen LogP contribution in [0.4, 0.5) is 0 Å². The van der Waals surface area contributed by atoms with Crippen molar-refractivity contribution in [1.29, 1.82) is 5.26 Å². The van der Waals surface area contributed by atoms with Crippen molar-refractivity contribution in [3.8, 4) is 23.0 Å². The molecule has 5 heteroatoms. The number of hydrogen-bond donors (Lipinski definition) is 0. The molecule has 0 spiro atoms. The number of aryl methyl sites for hydroxylation is 1. The molecule has 0 fully saturated rings. The predicted octanol–water partition coefficient (Wildman–Crippen LogP) is 4.31. The van der Waals surface area contributed by atoms with E-state index in [1.54, 1.807) is 10.9 Å². The van der Waals surface area contributed by atoms with Crippen LogP contribution in [0.15, 0.2) is 60.8 Å². The average Bonchev–Trinajstić information content (AvgIpc) is 3.12. The second kappa shape index (κ2) is 8.13. The highest BCUT2D eigenvalue weighted by Gasteiger charge is 2.19. The van der Waals surface area contributed by atoms with E-state index in [1.807, 2.05) is 67.6 Å². The molecular weight excluding hydrogens is 326 g/mol. The number of esters is 1. The van der Waals surface area contributed by atoms with Crippen molar-refractivity contribution >= 4 is 5.97 Å². The summed E-state index contributed by atoms with van der Waals surface area (Å²) in [5.74, 6) is -0.430. The first-order chi connectivity index (χ1) is 12.7. The van der Waals surface area contributed by atoms with Crippen LogP contribution in [0.25, 0.3) is 16.9 Å². The van der Waals surface area contributed by atoms with Crippen LogP contribution in [0, 0.1) is 18.3 Å². The number of hydrogen-bond acceptors (Lipinski definition) is 4. The largest absolute Gasteiger partial charge is 0.462 e. The third-order valence-electron chi connectivity index (χ3n) is 3.95. The summed E-state index contributed by atoms with van der Waals surface area (Å²) in [4.78, 5) is 12.5. The van der Waals surface area contributed by atoms with E-state index in [9.17, 15) is 4.79 Å². The molecular formula is C21H19N3O2. The van der Waals surface area contributed by atoms with Gasteiger partial charge in [-0.15, -0.1) is 0 Å². The molecule has 0 atom stereocenters. The van der Waals surface area contributed by atoms with Gasteiger partial charge in [0.1, 0.15) is 11.3 Å². The van der Waals surface area contributed by atoms with E-state index in [0.29, 0.717) is 24.1 Å². The molecule has 0 aliphatic rings. The van der Waals surface area contributed by atoms with Crippen LogP contribution in [-0.2, 0) is 4.74 Å². The van der Waals surface area contributed by atoms with Crippen molar-refractivity contribution in [2.75, 3.05) is 6.61 Å². The molecule has 2 aromatic carbocycles. The van der Waals surface area contributed by atoms with Gasteiger partial charge in [-0.1, -0.05) is 48.0 Å². The van der Waals surface area contributed by atoms with Crippen LogP contribution in [0.3, 0.4) is 0 Å². The van der Waals surface area contributed by atoms with Gasteiger partial charge in [-0.25, -0.2) is 9.48 Å². The van der Waals surface area contributed by atoms with Crippen LogP contribution >= 0.6 is 0 Å². The lowest BCUT2D eigenvalue weighted by atomic mass is 10.1. The SMILES string of the molecule is Cc1ccc(-n2cc(C(=O)OCCCC#N)c(-c3ccccc3)n2)cc1. The molecule has 130 valence electrons. The first-order valence-electron chi connectivity index (χ1n) is 8.45. The minimum absolute atomic E-state index is 0.219. The number of nitrogens with zero attached hydrogens (tertiary/aromatic N) is 3. The lowest BCUT2D eigenvalue weighted by Gasteiger charge is -2.03. The van der Waals surface area contributed by atoms with E-state index >= 15 is 0 Å². The molecule has 0 amide bonds. The summed E-state index contributed by atoms with van der Waals surface area (Å²) in [5.41, 5.74) is 3.87. The summed E-state index contributed by atoms with van der Waals surface area (Å²) in [6, 6.07) is 19.5. The summed E-state index contributed by atoms with van der Waals surface area (Å²) in [5, 5.41) is 13.2. The van der Waals surface area contributed by atoms with Gasteiger partial charge in [-0.05, 0) is 25.5 Å². The highest BCUT2D eigenvalue weighted by atomic mass is 16.5. The Hall–Kier alpha value is -3.39. The minimum atomic E-state index is -0.430. The topological polar surface area (TPSA) is 67.9 Å². The average molecular weight is 345 g/mol. The monoisotopic (exact) mass is 345 g/mol. The Morgan fingerprint density at radius 3 is 2.58 bits per heavy atom. The normalized spacial score (nSPS) is 10.3. The van der Waals surface area contributed by atoms with Crippen molar-refractivity contribution in [1.82, 2.24) is 9.78 Å². The minimum Gasteiger partial charge on any atom is -0.462 e. The van der Waals surface area contributed by atoms with E-state index in [4.69, 9.17) is 10.00 Å². The van der Waals surface area contributed by atoms with Gasteiger partial charge in [0.15, 0.2) is 0 Å². The standard InChI is InChI=1S/C21H19N3O2/c1-16-9-11-18(12-10-16)24-15-19(21(25)26-14-6-5-13-22)20(23-24)17-7-3-2-4-8-17/h2-4,7-12,15H,5-6,14H2,1H3. The van der Waals surface area contributed by atoms with Crippen molar-refractivity contribution in [3.63, 3.8) is 0 Å². The maximum absolute atomic E-state index is 12.5. The molecule has 26 heavy (non-hydrogen) atoms. The first kappa shape index (κ1) is 17.4. The molecule has 0 aliphatic heterocycles. The van der Waals surface area contributed by atoms with Crippen LogP contribution in [0.5, 0.6) is 0 Å². The second-order valence-corrected chi connectivity index (χ2v) is 5.94. The Labute approximate surface area is 152 Å². The fraction of sp³-hybridized carbons (Fsp3) is 0.190. The van der Waals surface area contributed by atoms with Crippen molar-refractivity contribution < 1.29 is 9.53 Å². The van der Waals surface area contributed by atoms with E-state index < -0.39 is 5.97 Å². The van der Waals surface area contributed by atoms with E-state index in [0.717, 1.165) is 16.8 Å². The second-order valence-electron chi connectivity index (χ2n) is 5.94. The third kappa shape index (κ3) is 3.98. The molecule has 3 aromatic rings. The van der Waals surface area contributed by atoms with Gasteiger partial charge in [-0.2, -0.15) is 10.4 Å². The van der Waals surface area contributed by atoms with Crippen molar-refractivity contribution in [3.05, 3.63) is 71.9 Å². The summed E-state index contributed by atoms with van der Waals surface area (Å²) in [6.07, 6.45) is 2.58. The van der Waals surface area contributed by atoms with Crippen molar-refractivity contribution in [2.45, 2.75) is 19.8 Å². The van der Waals surface area contributed by atoms with Crippen LogP contribution in [0.1, 0.15) is 28.8 Å². The quantitative estimate of drug-likeness (QED) is 0.493. The van der Waals surface area contributed by atoms with Crippen LogP contribution < -0.4 is 0 Å². The number of carbonyl (C=O) groups excluding carboxylic acids is 1. The van der Waals surface area contributed by atoms with Crippen LogP contribution in [-0.4, -0.2) is 22.4 Å². The zero-order valence-electron chi connectivity index (χ0n) is 14.6. The van der Waals surface area contributed by atoms with Gasteiger partial charge in [0.25, 0.3) is 0 Å². The predicted molar refractivity (Wildman–Crippen MR) is 98.9 cm³/mol. The number of carbonyl (C=O) groups is 1. The highest BCUT2D eigenvalue weighted by molar-refractivity contribution is 5.96. The third-order valence-corrected chi connectivity index (χ3v) is 3.95. The lowest BCUT2D eigenvalue weighted by molar-refractivity contribution is 0.0502. The van der Waals surface area contributed by atoms with Gasteiger partial charge >= 0.3 is 5.97 Å². The summed E-state index contributed by atoms with van der Waals surface area (Å²) >= 11 is 0. The number of nitriles is 1. The fourth-order valence-corrected chi connectivity index (χ4v) is 2.56. The zero-order valence-corrected chi connectivity index (χ0v) is 14.6. The van der Waals surface area contributed by atoms with E-state index in [1.165, 1.54) is 0 Å². The zero-order chi connectivity index (χ0) is 18.4. The number of benzene rings is 2. The summed E-state index contributed by atoms with van der Waals surface area (Å²) < 4.78 is 7.01. The molecule has 0 bridgehead atoms. The molecule has 0 saturated carbocycles. The van der Waals surface area contributed by atoms with Gasteiger partial charge in [0.05, 0.1) is 18.4 Å². The molecule has 1 heterocycles. The van der Waals surface area contributed by atoms with Gasteiger partial charge in [0.2, 0.25) is 0 Å². The van der Waals surface area contributed by atoms with Gasteiger partial charge < -0.3 is 4.74 Å². The molecule has 5 nitrogen and oxygen atoms in total. The molecule has 3 rings (SSSR count). The Morgan fingerprint density at radius 1 is 1.15 bits per heavy atom. The molecule has 0 saturated heterocycles. The lowest BCUT2D eigenvalue weighted by Crippen LogP contribution is -2.06. The maximum Gasteiger partial charge on any atom is 0.342 e. The highest BCUT2D eigenvalue weighted by Crippen LogP contribution is 2.24. The van der Waals surface area contributed by atoms with E-state index in [2.05, 4.69) is 5.10 Å². The molecule has 1 aromatic heterocycles. The van der Waals surface area contributed by atoms with Gasteiger partial charge in [0, 0.05) is 18.2 Å². The number of rotatable bonds is 6. The van der Waals surface area contributed by atoms with Crippen molar-refractivity contribution in [2.24, 2.45) is 0 Å². The Balaban J connectivity index is 1.94. The fourth-order valence-electron chi connectivity index (χ4n) is 2.56. The number of aromatic nitrogens is 2. The Bertz CT molecular complexity index is 922. The Kier molecular flexibility index (Phi) is 5.45. The number of ether oxygens (including phenoxy) is 1.